The molecule has 0 aromatic rings. The van der Waals surface area contributed by atoms with Crippen molar-refractivity contribution in [2.24, 2.45) is 17.6 Å². The summed E-state index contributed by atoms with van der Waals surface area (Å²) < 4.78 is 0. The van der Waals surface area contributed by atoms with Crippen molar-refractivity contribution in [3.05, 3.63) is 0 Å². The van der Waals surface area contributed by atoms with E-state index in [1.165, 1.54) is 51.4 Å². The minimum absolute atomic E-state index is 0.478. The van der Waals surface area contributed by atoms with Gasteiger partial charge in [0, 0.05) is 18.1 Å². The van der Waals surface area contributed by atoms with E-state index in [1.54, 1.807) is 0 Å². The second kappa shape index (κ2) is 6.38. The fraction of sp³-hybridized carbons (Fsp3) is 1.00. The summed E-state index contributed by atoms with van der Waals surface area (Å²) in [7, 11) is 2.36. The molecule has 18 heavy (non-hydrogen) atoms. The highest BCUT2D eigenvalue weighted by Crippen LogP contribution is 2.34. The Morgan fingerprint density at radius 1 is 0.833 bits per heavy atom. The van der Waals surface area contributed by atoms with Crippen molar-refractivity contribution in [2.45, 2.75) is 83.3 Å². The molecule has 0 atom stereocenters. The Hall–Kier alpha value is -0.0800. The summed E-state index contributed by atoms with van der Waals surface area (Å²) in [5.74, 6) is 1.86. The number of hydrogen-bond acceptors (Lipinski definition) is 2. The summed E-state index contributed by atoms with van der Waals surface area (Å²) in [4.78, 5) is 2.70. The lowest BCUT2D eigenvalue weighted by Gasteiger charge is -2.42. The molecule has 0 spiro atoms. The van der Waals surface area contributed by atoms with E-state index in [2.05, 4.69) is 25.8 Å². The first kappa shape index (κ1) is 14.3. The minimum atomic E-state index is 0.478. The van der Waals surface area contributed by atoms with Crippen molar-refractivity contribution in [3.8, 4) is 0 Å². The van der Waals surface area contributed by atoms with Crippen LogP contribution in [0.2, 0.25) is 0 Å². The molecule has 2 N–H and O–H groups in total. The van der Waals surface area contributed by atoms with Gasteiger partial charge in [0.05, 0.1) is 0 Å². The fourth-order valence-electron chi connectivity index (χ4n) is 3.98. The van der Waals surface area contributed by atoms with Gasteiger partial charge in [0.1, 0.15) is 0 Å². The SMILES string of the molecule is CC(C)C1CCC(N(C)C2CCC(N)CC2)CC1. The van der Waals surface area contributed by atoms with Gasteiger partial charge in [-0.1, -0.05) is 13.8 Å². The van der Waals surface area contributed by atoms with Gasteiger partial charge in [0.15, 0.2) is 0 Å². The molecule has 2 rings (SSSR count). The van der Waals surface area contributed by atoms with Crippen molar-refractivity contribution < 1.29 is 0 Å². The zero-order valence-corrected chi connectivity index (χ0v) is 12.6. The van der Waals surface area contributed by atoms with E-state index >= 15 is 0 Å². The molecule has 0 saturated heterocycles. The Morgan fingerprint density at radius 3 is 1.72 bits per heavy atom. The number of nitrogens with two attached hydrogens (primary N) is 1. The largest absolute Gasteiger partial charge is 0.328 e. The highest BCUT2D eigenvalue weighted by atomic mass is 15.2. The molecule has 2 fully saturated rings. The Morgan fingerprint density at radius 2 is 1.28 bits per heavy atom. The van der Waals surface area contributed by atoms with E-state index in [1.807, 2.05) is 0 Å². The number of nitrogens with zero attached hydrogens (tertiary/aromatic N) is 1. The molecule has 2 aliphatic carbocycles. The van der Waals surface area contributed by atoms with Gasteiger partial charge < -0.3 is 10.6 Å². The Bertz CT molecular complexity index is 235. The Labute approximate surface area is 113 Å². The molecule has 0 radical (unpaired) electrons. The molecule has 0 amide bonds. The highest BCUT2D eigenvalue weighted by molar-refractivity contribution is 4.86. The van der Waals surface area contributed by atoms with Gasteiger partial charge in [-0.15, -0.1) is 0 Å². The summed E-state index contributed by atoms with van der Waals surface area (Å²) in [5.41, 5.74) is 6.01. The predicted molar refractivity (Wildman–Crippen MR) is 78.6 cm³/mol. The maximum Gasteiger partial charge on any atom is 0.00962 e. The molecule has 0 aromatic carbocycles. The van der Waals surface area contributed by atoms with Crippen LogP contribution in [0, 0.1) is 11.8 Å². The zero-order chi connectivity index (χ0) is 13.1. The summed E-state index contributed by atoms with van der Waals surface area (Å²) in [6, 6.07) is 2.14. The average Bonchev–Trinajstić information content (AvgIpc) is 2.39. The van der Waals surface area contributed by atoms with E-state index in [4.69, 9.17) is 5.73 Å². The van der Waals surface area contributed by atoms with Gasteiger partial charge in [0.2, 0.25) is 0 Å². The van der Waals surface area contributed by atoms with Crippen molar-refractivity contribution >= 4 is 0 Å². The third-order valence-corrected chi connectivity index (χ3v) is 5.58. The highest BCUT2D eigenvalue weighted by Gasteiger charge is 2.30. The van der Waals surface area contributed by atoms with Crippen LogP contribution in [0.15, 0.2) is 0 Å². The molecule has 0 unspecified atom stereocenters. The molecular formula is C16H32N2. The quantitative estimate of drug-likeness (QED) is 0.834. The molecule has 0 aromatic heterocycles. The van der Waals surface area contributed by atoms with Crippen molar-refractivity contribution in [3.63, 3.8) is 0 Å². The zero-order valence-electron chi connectivity index (χ0n) is 12.6. The molecule has 2 aliphatic rings. The average molecular weight is 252 g/mol. The predicted octanol–water partition coefficient (Wildman–Crippen LogP) is 3.40. The molecule has 2 nitrogen and oxygen atoms in total. The Balaban J connectivity index is 1.78. The van der Waals surface area contributed by atoms with Gasteiger partial charge in [-0.3, -0.25) is 0 Å². The lowest BCUT2D eigenvalue weighted by atomic mass is 9.78. The molecule has 2 heteroatoms. The third-order valence-electron chi connectivity index (χ3n) is 5.58. The van der Waals surface area contributed by atoms with Crippen LogP contribution >= 0.6 is 0 Å². The summed E-state index contributed by atoms with van der Waals surface area (Å²) >= 11 is 0. The lowest BCUT2D eigenvalue weighted by molar-refractivity contribution is 0.0868. The van der Waals surface area contributed by atoms with E-state index < -0.39 is 0 Å². The van der Waals surface area contributed by atoms with Gasteiger partial charge >= 0.3 is 0 Å². The smallest absolute Gasteiger partial charge is 0.00962 e. The van der Waals surface area contributed by atoms with Crippen molar-refractivity contribution in [1.82, 2.24) is 4.90 Å². The van der Waals surface area contributed by atoms with Gasteiger partial charge in [-0.2, -0.15) is 0 Å². The van der Waals surface area contributed by atoms with E-state index in [-0.39, 0.29) is 0 Å². The molecular weight excluding hydrogens is 220 g/mol. The fourth-order valence-corrected chi connectivity index (χ4v) is 3.98. The van der Waals surface area contributed by atoms with Crippen molar-refractivity contribution in [2.75, 3.05) is 7.05 Å². The number of rotatable bonds is 3. The molecule has 106 valence electrons. The van der Waals surface area contributed by atoms with Crippen LogP contribution in [-0.4, -0.2) is 30.1 Å². The molecule has 0 heterocycles. The summed E-state index contributed by atoms with van der Waals surface area (Å²) in [6.07, 6.45) is 10.8. The van der Waals surface area contributed by atoms with Crippen LogP contribution < -0.4 is 5.73 Å². The van der Waals surface area contributed by atoms with E-state index in [0.717, 1.165) is 23.9 Å². The van der Waals surface area contributed by atoms with Gasteiger partial charge in [-0.25, -0.2) is 0 Å². The Kier molecular flexibility index (Phi) is 5.08. The first-order chi connectivity index (χ1) is 8.58. The van der Waals surface area contributed by atoms with Gasteiger partial charge in [0.25, 0.3) is 0 Å². The standard InChI is InChI=1S/C16H32N2/c1-12(2)13-4-8-15(9-5-13)18(3)16-10-6-14(17)7-11-16/h12-16H,4-11,17H2,1-3H3. The van der Waals surface area contributed by atoms with Crippen molar-refractivity contribution in [1.29, 1.82) is 0 Å². The van der Waals surface area contributed by atoms with Crippen LogP contribution in [0.3, 0.4) is 0 Å². The topological polar surface area (TPSA) is 29.3 Å². The minimum Gasteiger partial charge on any atom is -0.328 e. The normalized spacial score (nSPS) is 38.3. The monoisotopic (exact) mass is 252 g/mol. The first-order valence-electron chi connectivity index (χ1n) is 8.05. The van der Waals surface area contributed by atoms with Crippen LogP contribution in [-0.2, 0) is 0 Å². The maximum absolute atomic E-state index is 6.01. The molecule has 0 bridgehead atoms. The van der Waals surface area contributed by atoms with E-state index in [9.17, 15) is 0 Å². The van der Waals surface area contributed by atoms with Crippen LogP contribution in [0.25, 0.3) is 0 Å². The summed E-state index contributed by atoms with van der Waals surface area (Å²) in [5, 5.41) is 0. The van der Waals surface area contributed by atoms with Crippen LogP contribution in [0.5, 0.6) is 0 Å². The summed E-state index contributed by atoms with van der Waals surface area (Å²) in [6.45, 7) is 4.77. The number of hydrogen-bond donors (Lipinski definition) is 1. The second-order valence-corrected chi connectivity index (χ2v) is 7.05. The van der Waals surface area contributed by atoms with Gasteiger partial charge in [-0.05, 0) is 70.3 Å². The molecule has 0 aliphatic heterocycles. The van der Waals surface area contributed by atoms with Crippen LogP contribution in [0.1, 0.15) is 65.2 Å². The van der Waals surface area contributed by atoms with E-state index in [0.29, 0.717) is 6.04 Å². The molecule has 2 saturated carbocycles. The maximum atomic E-state index is 6.01. The van der Waals surface area contributed by atoms with Crippen LogP contribution in [0.4, 0.5) is 0 Å². The third kappa shape index (κ3) is 3.48. The second-order valence-electron chi connectivity index (χ2n) is 7.05. The lowest BCUT2D eigenvalue weighted by Crippen LogP contribution is -2.45. The first-order valence-corrected chi connectivity index (χ1v) is 8.05.